The number of hydrogen-bond donors (Lipinski definition) is 3. The van der Waals surface area contributed by atoms with E-state index in [1.807, 2.05) is 0 Å². The number of nitrogen functional groups attached to an aromatic ring is 1. The number of fused-ring (bicyclic) bond motifs is 1. The molecule has 40 heavy (non-hydrogen) atoms. The number of primary amides is 1. The number of aryl methyl sites for hydroxylation is 1. The zero-order chi connectivity index (χ0) is 29.9. The van der Waals surface area contributed by atoms with Gasteiger partial charge in [0.05, 0.1) is 23.4 Å². The normalized spacial score (nSPS) is 23.4. The lowest BCUT2D eigenvalue weighted by molar-refractivity contribution is -0.280. The maximum absolute atomic E-state index is 14.1. The third-order valence-corrected chi connectivity index (χ3v) is 7.21. The summed E-state index contributed by atoms with van der Waals surface area (Å²) in [5.74, 6) is -6.80. The Morgan fingerprint density at radius 2 is 1.77 bits per heavy atom. The highest BCUT2D eigenvalue weighted by Gasteiger charge is 2.66. The smallest absolute Gasteiger partial charge is 0.427 e. The van der Waals surface area contributed by atoms with Crippen LogP contribution in [0.4, 0.5) is 32.2 Å². The highest BCUT2D eigenvalue weighted by molar-refractivity contribution is 5.97. The van der Waals surface area contributed by atoms with E-state index in [0.29, 0.717) is 37.8 Å². The van der Waals surface area contributed by atoms with E-state index in [-0.39, 0.29) is 22.6 Å². The van der Waals surface area contributed by atoms with Crippen LogP contribution >= 0.6 is 0 Å². The number of benzene rings is 1. The van der Waals surface area contributed by atoms with Crippen molar-refractivity contribution in [3.05, 3.63) is 41.2 Å². The SMILES string of the molecule is Cc1ccc(C(OC(=O)C(F)(F)F)(C(N)=O)C(F)(F)F)cc1-c1cnc(N)c(C(=O)NC23CCC(C#N)(C2)C3)n1. The molecule has 0 spiro atoms. The van der Waals surface area contributed by atoms with Crippen molar-refractivity contribution in [1.82, 2.24) is 15.3 Å². The third kappa shape index (κ3) is 4.54. The van der Waals surface area contributed by atoms with Crippen molar-refractivity contribution in [1.29, 1.82) is 5.26 Å². The monoisotopic (exact) mass is 570 g/mol. The molecular weight excluding hydrogens is 550 g/mol. The molecule has 2 aromatic rings. The van der Waals surface area contributed by atoms with Gasteiger partial charge in [-0.15, -0.1) is 0 Å². The summed E-state index contributed by atoms with van der Waals surface area (Å²) in [6.07, 6.45) is -8.79. The number of ether oxygens (including phenoxy) is 1. The molecular formula is C24H20F6N6O4. The highest BCUT2D eigenvalue weighted by atomic mass is 19.4. The molecule has 2 bridgehead atoms. The summed E-state index contributed by atoms with van der Waals surface area (Å²) in [6, 6.07) is 4.47. The Morgan fingerprint density at radius 3 is 2.30 bits per heavy atom. The average Bonchev–Trinajstić information content (AvgIpc) is 3.37. The lowest BCUT2D eigenvalue weighted by Crippen LogP contribution is -2.57. The molecule has 5 N–H and O–H groups in total. The van der Waals surface area contributed by atoms with Crippen LogP contribution in [0.25, 0.3) is 11.3 Å². The van der Waals surface area contributed by atoms with Gasteiger partial charge >= 0.3 is 23.9 Å². The van der Waals surface area contributed by atoms with Crippen molar-refractivity contribution >= 4 is 23.6 Å². The molecule has 3 fully saturated rings. The number of nitrogens with zero attached hydrogens (tertiary/aromatic N) is 3. The van der Waals surface area contributed by atoms with Gasteiger partial charge in [0.1, 0.15) is 0 Å². The third-order valence-electron chi connectivity index (χ3n) is 7.21. The number of rotatable bonds is 6. The molecule has 16 heteroatoms. The molecule has 3 aliphatic carbocycles. The summed E-state index contributed by atoms with van der Waals surface area (Å²) >= 11 is 0. The van der Waals surface area contributed by atoms with Crippen LogP contribution in [0.3, 0.4) is 0 Å². The number of hydrogen-bond acceptors (Lipinski definition) is 8. The summed E-state index contributed by atoms with van der Waals surface area (Å²) in [5.41, 5.74) is 3.17. The summed E-state index contributed by atoms with van der Waals surface area (Å²) in [4.78, 5) is 44.5. The van der Waals surface area contributed by atoms with E-state index in [4.69, 9.17) is 11.5 Å². The number of esters is 1. The van der Waals surface area contributed by atoms with Crippen LogP contribution < -0.4 is 16.8 Å². The van der Waals surface area contributed by atoms with E-state index >= 15 is 0 Å². The molecule has 3 saturated carbocycles. The van der Waals surface area contributed by atoms with E-state index < -0.39 is 57.9 Å². The predicted molar refractivity (Wildman–Crippen MR) is 122 cm³/mol. The molecule has 0 saturated heterocycles. The van der Waals surface area contributed by atoms with Crippen LogP contribution in [0.15, 0.2) is 24.4 Å². The summed E-state index contributed by atoms with van der Waals surface area (Å²) < 4.78 is 84.7. The lowest BCUT2D eigenvalue weighted by atomic mass is 9.66. The number of nitrogens with one attached hydrogen (secondary N) is 1. The molecule has 1 atom stereocenters. The van der Waals surface area contributed by atoms with Crippen molar-refractivity contribution < 1.29 is 45.5 Å². The number of halogens is 6. The highest BCUT2D eigenvalue weighted by Crippen LogP contribution is 2.61. The summed E-state index contributed by atoms with van der Waals surface area (Å²) in [7, 11) is 0. The van der Waals surface area contributed by atoms with Crippen LogP contribution in [0.1, 0.15) is 47.3 Å². The van der Waals surface area contributed by atoms with Gasteiger partial charge < -0.3 is 21.5 Å². The molecule has 1 aromatic heterocycles. The Labute approximate surface area is 221 Å². The number of carbonyl (C=O) groups excluding carboxylic acids is 3. The molecule has 10 nitrogen and oxygen atoms in total. The van der Waals surface area contributed by atoms with Gasteiger partial charge in [0.15, 0.2) is 11.5 Å². The fourth-order valence-electron chi connectivity index (χ4n) is 5.28. The van der Waals surface area contributed by atoms with Crippen LogP contribution in [0, 0.1) is 23.7 Å². The van der Waals surface area contributed by atoms with Crippen LogP contribution in [0.5, 0.6) is 0 Å². The molecule has 1 heterocycles. The number of nitrogens with two attached hydrogens (primary N) is 2. The molecule has 5 rings (SSSR count). The Hall–Kier alpha value is -4.42. The minimum absolute atomic E-state index is 0.198. The van der Waals surface area contributed by atoms with Crippen molar-refractivity contribution in [2.45, 2.75) is 56.1 Å². The number of anilines is 1. The molecule has 0 aliphatic heterocycles. The first-order valence-electron chi connectivity index (χ1n) is 11.5. The van der Waals surface area contributed by atoms with E-state index in [1.165, 1.54) is 6.92 Å². The van der Waals surface area contributed by atoms with E-state index in [0.717, 1.165) is 12.3 Å². The van der Waals surface area contributed by atoms with E-state index in [2.05, 4.69) is 26.1 Å². The first kappa shape index (κ1) is 28.6. The zero-order valence-electron chi connectivity index (χ0n) is 20.5. The first-order chi connectivity index (χ1) is 18.4. The molecule has 212 valence electrons. The summed E-state index contributed by atoms with van der Waals surface area (Å²) in [5, 5.41) is 12.1. The van der Waals surface area contributed by atoms with Crippen molar-refractivity contribution in [2.75, 3.05) is 5.73 Å². The number of nitriles is 1. The molecule has 2 amide bonds. The fraction of sp³-hybridized carbons (Fsp3) is 0.417. The standard InChI is InChI=1S/C24H20F6N6O4/c1-11-2-3-12(22(18(33)38,24(28,29)30)40-19(39)23(25,26)27)6-13(11)14-7-34-16(32)15(35-14)17(37)36-21-5-4-20(8-21,9-21)10-31/h2-3,6-7H,4-5,8-9H2,1H3,(H2,32,34)(H2,33,38)(H,36,37). The lowest BCUT2D eigenvalue weighted by Gasteiger charge is -2.43. The number of amides is 2. The van der Waals surface area contributed by atoms with Gasteiger partial charge in [-0.25, -0.2) is 14.8 Å². The topological polar surface area (TPSA) is 174 Å². The van der Waals surface area contributed by atoms with Gasteiger partial charge in [0.2, 0.25) is 0 Å². The van der Waals surface area contributed by atoms with Crippen LogP contribution in [-0.2, 0) is 19.9 Å². The van der Waals surface area contributed by atoms with Crippen LogP contribution in [0.2, 0.25) is 0 Å². The van der Waals surface area contributed by atoms with Gasteiger partial charge in [-0.1, -0.05) is 12.1 Å². The fourth-order valence-corrected chi connectivity index (χ4v) is 5.28. The molecule has 0 radical (unpaired) electrons. The summed E-state index contributed by atoms with van der Waals surface area (Å²) in [6.45, 7) is 1.39. The number of carbonyl (C=O) groups is 3. The Bertz CT molecular complexity index is 1460. The minimum Gasteiger partial charge on any atom is -0.427 e. The second-order valence-electron chi connectivity index (χ2n) is 9.93. The van der Waals surface area contributed by atoms with Gasteiger partial charge in [0.25, 0.3) is 11.8 Å². The van der Waals surface area contributed by atoms with E-state index in [1.54, 1.807) is 0 Å². The predicted octanol–water partition coefficient (Wildman–Crippen LogP) is 2.95. The molecule has 1 unspecified atom stereocenters. The number of alkyl halides is 6. The minimum atomic E-state index is -5.91. The second kappa shape index (κ2) is 9.07. The van der Waals surface area contributed by atoms with Crippen molar-refractivity contribution in [3.63, 3.8) is 0 Å². The van der Waals surface area contributed by atoms with Crippen molar-refractivity contribution in [2.24, 2.45) is 11.1 Å². The van der Waals surface area contributed by atoms with Crippen molar-refractivity contribution in [3.8, 4) is 17.3 Å². The Morgan fingerprint density at radius 1 is 1.12 bits per heavy atom. The quantitative estimate of drug-likeness (QED) is 0.351. The van der Waals surface area contributed by atoms with Gasteiger partial charge in [-0.2, -0.15) is 31.6 Å². The number of aromatic nitrogens is 2. The maximum atomic E-state index is 14.1. The Balaban J connectivity index is 1.76. The Kier molecular flexibility index (Phi) is 6.48. The maximum Gasteiger partial charge on any atom is 0.490 e. The first-order valence-corrected chi connectivity index (χ1v) is 11.5. The van der Waals surface area contributed by atoms with Gasteiger partial charge in [0, 0.05) is 16.7 Å². The molecule has 1 aromatic carbocycles. The second-order valence-corrected chi connectivity index (χ2v) is 9.93. The largest absolute Gasteiger partial charge is 0.490 e. The zero-order valence-corrected chi connectivity index (χ0v) is 20.5. The van der Waals surface area contributed by atoms with E-state index in [9.17, 15) is 46.0 Å². The van der Waals surface area contributed by atoms with Gasteiger partial charge in [-0.3, -0.25) is 9.59 Å². The van der Waals surface area contributed by atoms with Gasteiger partial charge in [-0.05, 0) is 44.2 Å². The molecule has 3 aliphatic rings. The van der Waals surface area contributed by atoms with Crippen LogP contribution in [-0.4, -0.2) is 45.6 Å². The average molecular weight is 570 g/mol.